The van der Waals surface area contributed by atoms with E-state index >= 15 is 0 Å². The minimum atomic E-state index is -4.96. The van der Waals surface area contributed by atoms with Gasteiger partial charge in [0, 0.05) is 25.7 Å². The van der Waals surface area contributed by atoms with Crippen LogP contribution in [0.3, 0.4) is 0 Å². The highest BCUT2D eigenvalue weighted by Gasteiger charge is 2.30. The highest BCUT2D eigenvalue weighted by atomic mass is 31.2. The van der Waals surface area contributed by atoms with Crippen LogP contribution in [0.25, 0.3) is 0 Å². The molecular weight excluding hydrogens is 1320 g/mol. The lowest BCUT2D eigenvalue weighted by Gasteiger charge is -2.21. The standard InChI is InChI=1S/C82H160O17P2/c1-7-10-12-14-16-17-18-19-20-21-22-23-24-25-26-27-32-37-42-48-54-60-66-81(86)99-78(71-93-80(85)65-59-53-47-41-36-31-29-28-30-35-40-46-51-57-63-75(6)9-3)73-97-101(90,91)95-69-76(83)68-94-100(88,89)96-72-77(70-92-79(84)64-58-52-44-15-13-11-8-2)98-82(87)67-61-55-49-43-38-33-34-39-45-50-56-62-74(4)5/h74-78,83H,7-73H2,1-6H3,(H,88,89)(H,90,91)/t75?,76-,77+,78+/m0/s1. The molecule has 0 radical (unpaired) electrons. The molecule has 0 aromatic rings. The van der Waals surface area contributed by atoms with Gasteiger partial charge in [-0.05, 0) is 37.5 Å². The molecule has 0 fully saturated rings. The molecule has 19 heteroatoms. The molecule has 0 amide bonds. The van der Waals surface area contributed by atoms with Gasteiger partial charge < -0.3 is 33.8 Å². The average Bonchev–Trinajstić information content (AvgIpc) is 0.917. The molecule has 0 aliphatic heterocycles. The first-order valence-corrected chi connectivity index (χ1v) is 45.5. The molecule has 3 N–H and O–H groups in total. The molecule has 0 saturated carbocycles. The van der Waals surface area contributed by atoms with Crippen LogP contribution < -0.4 is 0 Å². The van der Waals surface area contributed by atoms with Crippen LogP contribution in [0, 0.1) is 11.8 Å². The smallest absolute Gasteiger partial charge is 0.462 e. The van der Waals surface area contributed by atoms with Gasteiger partial charge in [0.15, 0.2) is 12.2 Å². The second kappa shape index (κ2) is 73.6. The van der Waals surface area contributed by atoms with Crippen molar-refractivity contribution < 1.29 is 80.2 Å². The number of ether oxygens (including phenoxy) is 4. The molecule has 0 saturated heterocycles. The van der Waals surface area contributed by atoms with Gasteiger partial charge in [-0.2, -0.15) is 0 Å². The molecule has 3 unspecified atom stereocenters. The molecule has 0 heterocycles. The normalized spacial score (nSPS) is 14.2. The van der Waals surface area contributed by atoms with Crippen molar-refractivity contribution in [3.8, 4) is 0 Å². The van der Waals surface area contributed by atoms with Crippen molar-refractivity contribution in [3.63, 3.8) is 0 Å². The van der Waals surface area contributed by atoms with Gasteiger partial charge in [0.25, 0.3) is 0 Å². The third-order valence-corrected chi connectivity index (χ3v) is 21.5. The second-order valence-corrected chi connectivity index (χ2v) is 33.1. The molecule has 0 aromatic heterocycles. The lowest BCUT2D eigenvalue weighted by atomic mass is 9.99. The van der Waals surface area contributed by atoms with Gasteiger partial charge in [0.1, 0.15) is 19.3 Å². The maximum atomic E-state index is 13.1. The van der Waals surface area contributed by atoms with Crippen LogP contribution in [-0.4, -0.2) is 96.7 Å². The Morgan fingerprint density at radius 3 is 0.752 bits per heavy atom. The molecule has 17 nitrogen and oxygen atoms in total. The van der Waals surface area contributed by atoms with E-state index in [0.29, 0.717) is 25.7 Å². The summed E-state index contributed by atoms with van der Waals surface area (Å²) in [5.74, 6) is -0.498. The van der Waals surface area contributed by atoms with E-state index in [1.54, 1.807) is 0 Å². The number of unbranched alkanes of at least 4 members (excludes halogenated alkanes) is 50. The summed E-state index contributed by atoms with van der Waals surface area (Å²) in [6, 6.07) is 0. The fourth-order valence-corrected chi connectivity index (χ4v) is 14.3. The van der Waals surface area contributed by atoms with E-state index in [4.69, 9.17) is 37.0 Å². The Balaban J connectivity index is 5.17. The lowest BCUT2D eigenvalue weighted by molar-refractivity contribution is -0.161. The highest BCUT2D eigenvalue weighted by Crippen LogP contribution is 2.45. The van der Waals surface area contributed by atoms with E-state index in [9.17, 15) is 43.2 Å². The minimum absolute atomic E-state index is 0.106. The van der Waals surface area contributed by atoms with E-state index in [1.165, 1.54) is 238 Å². The lowest BCUT2D eigenvalue weighted by Crippen LogP contribution is -2.30. The molecule has 0 aromatic carbocycles. The van der Waals surface area contributed by atoms with Gasteiger partial charge in [0.2, 0.25) is 0 Å². The number of aliphatic hydroxyl groups excluding tert-OH is 1. The number of phosphoric acid groups is 2. The van der Waals surface area contributed by atoms with Crippen molar-refractivity contribution in [1.29, 1.82) is 0 Å². The minimum Gasteiger partial charge on any atom is -0.462 e. The van der Waals surface area contributed by atoms with Gasteiger partial charge >= 0.3 is 39.5 Å². The summed E-state index contributed by atoms with van der Waals surface area (Å²) >= 11 is 0. The first-order chi connectivity index (χ1) is 48.9. The molecule has 0 bridgehead atoms. The summed E-state index contributed by atoms with van der Waals surface area (Å²) in [5.41, 5.74) is 0. The van der Waals surface area contributed by atoms with E-state index in [1.807, 2.05) is 0 Å². The van der Waals surface area contributed by atoms with Crippen molar-refractivity contribution in [2.24, 2.45) is 11.8 Å². The zero-order chi connectivity index (χ0) is 74.2. The number of rotatable bonds is 81. The van der Waals surface area contributed by atoms with Gasteiger partial charge in [-0.15, -0.1) is 0 Å². The quantitative estimate of drug-likeness (QED) is 0.0222. The Bertz CT molecular complexity index is 1940. The Kier molecular flexibility index (Phi) is 72.2. The summed E-state index contributed by atoms with van der Waals surface area (Å²) in [7, 11) is -9.91. The zero-order valence-electron chi connectivity index (χ0n) is 66.2. The second-order valence-electron chi connectivity index (χ2n) is 30.2. The molecule has 0 spiro atoms. The first kappa shape index (κ1) is 99.1. The van der Waals surface area contributed by atoms with Crippen LogP contribution in [0.5, 0.6) is 0 Å². The van der Waals surface area contributed by atoms with E-state index in [2.05, 4.69) is 41.5 Å². The van der Waals surface area contributed by atoms with Crippen molar-refractivity contribution in [3.05, 3.63) is 0 Å². The van der Waals surface area contributed by atoms with Crippen LogP contribution >= 0.6 is 15.6 Å². The predicted molar refractivity (Wildman–Crippen MR) is 414 cm³/mol. The molecule has 6 atom stereocenters. The van der Waals surface area contributed by atoms with Crippen molar-refractivity contribution in [1.82, 2.24) is 0 Å². The van der Waals surface area contributed by atoms with Crippen LogP contribution in [-0.2, 0) is 65.4 Å². The maximum Gasteiger partial charge on any atom is 0.472 e. The molecule has 0 aliphatic rings. The fraction of sp³-hybridized carbons (Fsp3) is 0.951. The fourth-order valence-electron chi connectivity index (χ4n) is 12.7. The first-order valence-electron chi connectivity index (χ1n) is 42.5. The predicted octanol–water partition coefficient (Wildman–Crippen LogP) is 24.7. The Morgan fingerprint density at radius 2 is 0.505 bits per heavy atom. The van der Waals surface area contributed by atoms with Crippen molar-refractivity contribution in [2.75, 3.05) is 39.6 Å². The number of hydrogen-bond donors (Lipinski definition) is 3. The summed E-state index contributed by atoms with van der Waals surface area (Å²) in [6.07, 6.45) is 64.1. The Labute approximate surface area is 619 Å². The van der Waals surface area contributed by atoms with Crippen molar-refractivity contribution >= 4 is 39.5 Å². The van der Waals surface area contributed by atoms with Gasteiger partial charge in [-0.1, -0.05) is 382 Å². The molecule has 0 rings (SSSR count). The van der Waals surface area contributed by atoms with Crippen LogP contribution in [0.1, 0.15) is 433 Å². The van der Waals surface area contributed by atoms with Gasteiger partial charge in [0.05, 0.1) is 26.4 Å². The van der Waals surface area contributed by atoms with Crippen LogP contribution in [0.2, 0.25) is 0 Å². The number of carbonyl (C=O) groups is 4. The largest absolute Gasteiger partial charge is 0.472 e. The van der Waals surface area contributed by atoms with Gasteiger partial charge in [-0.25, -0.2) is 9.13 Å². The third kappa shape index (κ3) is 74.7. The topological polar surface area (TPSA) is 237 Å². The molecule has 600 valence electrons. The van der Waals surface area contributed by atoms with Gasteiger partial charge in [-0.3, -0.25) is 37.3 Å². The molecular formula is C82H160O17P2. The summed E-state index contributed by atoms with van der Waals surface area (Å²) in [6.45, 7) is 9.65. The van der Waals surface area contributed by atoms with E-state index in [-0.39, 0.29) is 25.7 Å². The van der Waals surface area contributed by atoms with Crippen LogP contribution in [0.15, 0.2) is 0 Å². The molecule has 0 aliphatic carbocycles. The Morgan fingerprint density at radius 1 is 0.287 bits per heavy atom. The molecule has 101 heavy (non-hydrogen) atoms. The maximum absolute atomic E-state index is 13.1. The van der Waals surface area contributed by atoms with Crippen LogP contribution in [0.4, 0.5) is 0 Å². The number of phosphoric ester groups is 2. The van der Waals surface area contributed by atoms with E-state index in [0.717, 1.165) is 115 Å². The zero-order valence-corrected chi connectivity index (χ0v) is 68.0. The summed E-state index contributed by atoms with van der Waals surface area (Å²) in [4.78, 5) is 72.9. The number of aliphatic hydroxyl groups is 1. The number of carbonyl (C=O) groups excluding carboxylic acids is 4. The highest BCUT2D eigenvalue weighted by molar-refractivity contribution is 7.47. The third-order valence-electron chi connectivity index (χ3n) is 19.6. The SMILES string of the molecule is CCCCCCCCCCCCCCCCCCCCCCCCC(=O)O[C@H](COC(=O)CCCCCCCCCCCCCCCCC(C)CC)COP(=O)(O)OC[C@@H](O)COP(=O)(O)OC[C@@H](COC(=O)CCCCCCCCC)OC(=O)CCCCCCCCCCCCCC(C)C. The number of esters is 4. The van der Waals surface area contributed by atoms with Crippen molar-refractivity contribution in [2.45, 2.75) is 452 Å². The number of hydrogen-bond acceptors (Lipinski definition) is 15. The Hall–Kier alpha value is -1.94. The monoisotopic (exact) mass is 1480 g/mol. The summed E-state index contributed by atoms with van der Waals surface area (Å²) < 4.78 is 68.6. The average molecular weight is 1480 g/mol. The van der Waals surface area contributed by atoms with E-state index < -0.39 is 97.5 Å². The summed E-state index contributed by atoms with van der Waals surface area (Å²) in [5, 5.41) is 10.6.